The van der Waals surface area contributed by atoms with Crippen LogP contribution in [0.1, 0.15) is 22.3 Å². The van der Waals surface area contributed by atoms with Crippen LogP contribution in [0.3, 0.4) is 0 Å². The second-order valence-electron chi connectivity index (χ2n) is 7.83. The Morgan fingerprint density at radius 2 is 1.68 bits per heavy atom. The molecule has 0 saturated carbocycles. The quantitative estimate of drug-likeness (QED) is 0.423. The minimum atomic E-state index is -9.75. The molecule has 0 aromatic heterocycles. The maximum atomic E-state index is 12.7. The molecule has 0 unspecified atom stereocenters. The summed E-state index contributed by atoms with van der Waals surface area (Å²) in [6.45, 7) is 0.400. The van der Waals surface area contributed by atoms with Gasteiger partial charge in [0.25, 0.3) is 0 Å². The zero-order valence-corrected chi connectivity index (χ0v) is 18.5. The minimum absolute atomic E-state index is 0.0877. The molecule has 2 N–H and O–H groups in total. The van der Waals surface area contributed by atoms with E-state index in [0.29, 0.717) is 25.1 Å². The van der Waals surface area contributed by atoms with Gasteiger partial charge in [-0.1, -0.05) is 49.8 Å². The van der Waals surface area contributed by atoms with Crippen molar-refractivity contribution in [2.45, 2.75) is 24.3 Å². The Labute approximate surface area is 191 Å². The SMILES string of the molecule is O=C(O)Cc1ccc2c(c1)CCN(C(=O)CNC(=O)/C=C/c1ccc(S(F)(F)(F)(F)F)cc1)C2. The normalized spacial score (nSPS) is 15.9. The fourth-order valence-corrected chi connectivity index (χ4v) is 4.10. The molecule has 0 saturated heterocycles. The summed E-state index contributed by atoms with van der Waals surface area (Å²) >= 11 is 0. The van der Waals surface area contributed by atoms with E-state index in [0.717, 1.165) is 35.4 Å². The number of benzene rings is 2. The second kappa shape index (κ2) is 8.42. The molecule has 2 aromatic carbocycles. The second-order valence-corrected chi connectivity index (χ2v) is 10.2. The van der Waals surface area contributed by atoms with Crippen LogP contribution in [0, 0.1) is 0 Å². The predicted octanol–water partition coefficient (Wildman–Crippen LogP) is 4.69. The van der Waals surface area contributed by atoms with Crippen LogP contribution in [0.5, 0.6) is 0 Å². The molecule has 6 nitrogen and oxygen atoms in total. The number of carbonyl (C=O) groups is 3. The van der Waals surface area contributed by atoms with Crippen LogP contribution in [0.4, 0.5) is 19.4 Å². The van der Waals surface area contributed by atoms with Crippen molar-refractivity contribution in [3.63, 3.8) is 0 Å². The van der Waals surface area contributed by atoms with Crippen LogP contribution < -0.4 is 5.32 Å². The number of carboxylic acids is 1. The van der Waals surface area contributed by atoms with Gasteiger partial charge in [0.05, 0.1) is 13.0 Å². The van der Waals surface area contributed by atoms with Gasteiger partial charge < -0.3 is 15.3 Å². The van der Waals surface area contributed by atoms with Crippen LogP contribution in [-0.4, -0.2) is 40.9 Å². The maximum Gasteiger partial charge on any atom is 0.310 e. The Morgan fingerprint density at radius 1 is 1.00 bits per heavy atom. The molecule has 12 heteroatoms. The topological polar surface area (TPSA) is 86.7 Å². The molecule has 2 amide bonds. The number of rotatable bonds is 7. The molecule has 0 spiro atoms. The smallest absolute Gasteiger partial charge is 0.310 e. The van der Waals surface area contributed by atoms with Crippen LogP contribution in [-0.2, 0) is 33.8 Å². The van der Waals surface area contributed by atoms with Crippen LogP contribution in [0.25, 0.3) is 6.08 Å². The molecule has 34 heavy (non-hydrogen) atoms. The van der Waals surface area contributed by atoms with E-state index in [1.54, 1.807) is 17.0 Å². The molecule has 0 fully saturated rings. The molecule has 1 aliphatic rings. The standard InChI is InChI=1S/C22H21F5N2O4S/c23-34(24,25,26,27)19-6-2-15(3-7-19)4-8-20(30)28-13-21(31)29-10-9-17-11-16(12-22(32)33)1-5-18(17)14-29/h1-8,11H,9-10,12-14H2,(H,28,30)(H,32,33)/b8-4+. The van der Waals surface area contributed by atoms with Gasteiger partial charge in [0, 0.05) is 19.2 Å². The van der Waals surface area contributed by atoms with Gasteiger partial charge in [-0.3, -0.25) is 14.4 Å². The number of fused-ring (bicyclic) bond motifs is 1. The van der Waals surface area contributed by atoms with Crippen molar-refractivity contribution in [2.75, 3.05) is 13.1 Å². The van der Waals surface area contributed by atoms with Crippen LogP contribution in [0.2, 0.25) is 0 Å². The zero-order valence-electron chi connectivity index (χ0n) is 17.6. The first-order valence-corrected chi connectivity index (χ1v) is 12.0. The lowest BCUT2D eigenvalue weighted by Gasteiger charge is -2.40. The Hall–Kier alpha value is -3.41. The van der Waals surface area contributed by atoms with E-state index in [9.17, 15) is 33.8 Å². The van der Waals surface area contributed by atoms with Gasteiger partial charge in [0.15, 0.2) is 0 Å². The van der Waals surface area contributed by atoms with Gasteiger partial charge in [0.1, 0.15) is 4.90 Å². The summed E-state index contributed by atoms with van der Waals surface area (Å²) in [6.07, 6.45) is 2.57. The lowest BCUT2D eigenvalue weighted by molar-refractivity contribution is -0.136. The molecule has 184 valence electrons. The average Bonchev–Trinajstić information content (AvgIpc) is 2.74. The molecular formula is C22H21F5N2O4S. The van der Waals surface area contributed by atoms with Crippen molar-refractivity contribution in [2.24, 2.45) is 0 Å². The highest BCUT2D eigenvalue weighted by Gasteiger charge is 2.65. The number of hydrogen-bond donors (Lipinski definition) is 2. The summed E-state index contributed by atoms with van der Waals surface area (Å²) in [5, 5.41) is 11.3. The molecule has 0 bridgehead atoms. The third-order valence-electron chi connectivity index (χ3n) is 5.16. The number of hydrogen-bond acceptors (Lipinski definition) is 3. The molecule has 0 aliphatic carbocycles. The first-order valence-electron chi connectivity index (χ1n) is 10.0. The molecule has 1 heterocycles. The molecular weight excluding hydrogens is 483 g/mol. The van der Waals surface area contributed by atoms with Crippen molar-refractivity contribution >= 4 is 34.1 Å². The summed E-state index contributed by atoms with van der Waals surface area (Å²) in [6, 6.07) is 7.41. The van der Waals surface area contributed by atoms with Gasteiger partial charge in [0.2, 0.25) is 11.8 Å². The number of aliphatic carboxylic acids is 1. The van der Waals surface area contributed by atoms with E-state index in [-0.39, 0.29) is 36.6 Å². The Kier molecular flexibility index (Phi) is 6.25. The lowest BCUT2D eigenvalue weighted by Crippen LogP contribution is -2.42. The highest BCUT2D eigenvalue weighted by molar-refractivity contribution is 8.45. The van der Waals surface area contributed by atoms with Gasteiger partial charge in [-0.25, -0.2) is 0 Å². The maximum absolute atomic E-state index is 12.7. The largest absolute Gasteiger partial charge is 0.481 e. The highest BCUT2D eigenvalue weighted by Crippen LogP contribution is 3.02. The Bertz CT molecular complexity index is 1170. The summed E-state index contributed by atoms with van der Waals surface area (Å²) in [4.78, 5) is 34.7. The molecule has 2 aromatic rings. The van der Waals surface area contributed by atoms with Crippen molar-refractivity contribution < 1.29 is 38.9 Å². The monoisotopic (exact) mass is 504 g/mol. The van der Waals surface area contributed by atoms with Crippen molar-refractivity contribution in [3.8, 4) is 0 Å². The number of carboxylic acid groups (broad SMARTS) is 1. The third-order valence-corrected chi connectivity index (χ3v) is 6.32. The van der Waals surface area contributed by atoms with E-state index in [4.69, 9.17) is 5.11 Å². The number of amides is 2. The van der Waals surface area contributed by atoms with E-state index in [1.165, 1.54) is 0 Å². The first kappa shape index (κ1) is 25.2. The first-order chi connectivity index (χ1) is 15.6. The van der Waals surface area contributed by atoms with Crippen molar-refractivity contribution in [1.29, 1.82) is 0 Å². The number of carbonyl (C=O) groups excluding carboxylic acids is 2. The Morgan fingerprint density at radius 3 is 2.29 bits per heavy atom. The summed E-state index contributed by atoms with van der Waals surface area (Å²) < 4.78 is 63.6. The predicted molar refractivity (Wildman–Crippen MR) is 117 cm³/mol. The van der Waals surface area contributed by atoms with Crippen molar-refractivity contribution in [3.05, 3.63) is 70.8 Å². The van der Waals surface area contributed by atoms with E-state index in [2.05, 4.69) is 5.32 Å². The van der Waals surface area contributed by atoms with E-state index < -0.39 is 27.0 Å². The third kappa shape index (κ3) is 6.80. The van der Waals surface area contributed by atoms with Gasteiger partial charge >= 0.3 is 16.2 Å². The number of nitrogens with one attached hydrogen (secondary N) is 1. The van der Waals surface area contributed by atoms with Gasteiger partial charge in [-0.2, -0.15) is 0 Å². The van der Waals surface area contributed by atoms with Crippen molar-refractivity contribution in [1.82, 2.24) is 10.2 Å². The zero-order chi connectivity index (χ0) is 25.2. The molecule has 0 atom stereocenters. The molecule has 0 radical (unpaired) electrons. The van der Waals surface area contributed by atoms with Gasteiger partial charge in [-0.05, 0) is 46.9 Å². The minimum Gasteiger partial charge on any atom is -0.481 e. The van der Waals surface area contributed by atoms with E-state index >= 15 is 0 Å². The fraction of sp³-hybridized carbons (Fsp3) is 0.227. The summed E-state index contributed by atoms with van der Waals surface area (Å²) in [5.74, 6) is -1.96. The van der Waals surface area contributed by atoms with Gasteiger partial charge in [-0.15, -0.1) is 0 Å². The fourth-order valence-electron chi connectivity index (χ4n) is 3.45. The molecule has 3 rings (SSSR count). The average molecular weight is 504 g/mol. The van der Waals surface area contributed by atoms with E-state index in [1.807, 2.05) is 6.07 Å². The Balaban J connectivity index is 1.52. The number of halogens is 5. The molecule has 1 aliphatic heterocycles. The summed E-state index contributed by atoms with van der Waals surface area (Å²) in [7, 11) is -9.75. The van der Waals surface area contributed by atoms with Crippen LogP contribution >= 0.6 is 10.2 Å². The summed E-state index contributed by atoms with van der Waals surface area (Å²) in [5.41, 5.74) is 2.62. The highest BCUT2D eigenvalue weighted by atomic mass is 32.5. The number of nitrogens with zero attached hydrogens (tertiary/aromatic N) is 1. The lowest BCUT2D eigenvalue weighted by atomic mass is 9.96. The van der Waals surface area contributed by atoms with Crippen LogP contribution in [0.15, 0.2) is 53.4 Å².